The first-order valence-corrected chi connectivity index (χ1v) is 11.9. The normalized spacial score (nSPS) is 14.8. The molecule has 1 fully saturated rings. The number of piperazine rings is 1. The molecule has 0 aliphatic carbocycles. The van der Waals surface area contributed by atoms with Crippen molar-refractivity contribution in [1.29, 1.82) is 0 Å². The molecule has 1 heterocycles. The Hall–Kier alpha value is -1.96. The number of halogens is 4. The maximum atomic E-state index is 13.2. The third-order valence-electron chi connectivity index (χ3n) is 5.59. The molecular weight excluding hydrogens is 451 g/mol. The lowest BCUT2D eigenvalue weighted by Crippen LogP contribution is -2.43. The molecule has 2 aromatic rings. The standard InChI is InChI=1S/C25H33ClF3N3O/c1-19(2)17-31(18-20-6-3-9-23(24(20)26)25(27,28)29)12-5-15-33-22-8-4-7-21(16-22)32-13-10-30-11-14-32/h3-4,6-9,16,19,30H,5,10-15,17-18H2,1-2H3. The van der Waals surface area contributed by atoms with E-state index in [0.717, 1.165) is 56.6 Å². The van der Waals surface area contributed by atoms with Crippen molar-refractivity contribution in [3.63, 3.8) is 0 Å². The lowest BCUT2D eigenvalue weighted by Gasteiger charge is -2.29. The van der Waals surface area contributed by atoms with Crippen LogP contribution in [0.2, 0.25) is 5.02 Å². The fourth-order valence-electron chi connectivity index (χ4n) is 4.08. The fourth-order valence-corrected chi connectivity index (χ4v) is 4.38. The highest BCUT2D eigenvalue weighted by molar-refractivity contribution is 6.32. The summed E-state index contributed by atoms with van der Waals surface area (Å²) in [6, 6.07) is 12.3. The van der Waals surface area contributed by atoms with Crippen LogP contribution in [0.15, 0.2) is 42.5 Å². The quantitative estimate of drug-likeness (QED) is 0.439. The number of hydrogen-bond acceptors (Lipinski definition) is 4. The van der Waals surface area contributed by atoms with Crippen LogP contribution in [0.4, 0.5) is 18.9 Å². The molecule has 1 N–H and O–H groups in total. The van der Waals surface area contributed by atoms with Crippen molar-refractivity contribution in [2.24, 2.45) is 5.92 Å². The SMILES string of the molecule is CC(C)CN(CCCOc1cccc(N2CCNCC2)c1)Cc1cccc(C(F)(F)F)c1Cl. The second-order valence-electron chi connectivity index (χ2n) is 8.84. The molecule has 0 unspecified atom stereocenters. The van der Waals surface area contributed by atoms with Crippen LogP contribution in [0, 0.1) is 5.92 Å². The molecule has 0 bridgehead atoms. The van der Waals surface area contributed by atoms with Gasteiger partial charge in [0.05, 0.1) is 17.2 Å². The van der Waals surface area contributed by atoms with Gasteiger partial charge in [-0.05, 0) is 36.1 Å². The van der Waals surface area contributed by atoms with E-state index in [1.54, 1.807) is 6.07 Å². The highest BCUT2D eigenvalue weighted by Crippen LogP contribution is 2.36. The van der Waals surface area contributed by atoms with Crippen LogP contribution in [0.25, 0.3) is 0 Å². The van der Waals surface area contributed by atoms with Crippen LogP contribution in [-0.4, -0.2) is 50.8 Å². The molecule has 1 aliphatic heterocycles. The van der Waals surface area contributed by atoms with Gasteiger partial charge in [-0.1, -0.05) is 43.6 Å². The molecule has 0 amide bonds. The van der Waals surface area contributed by atoms with Crippen molar-refractivity contribution < 1.29 is 17.9 Å². The second-order valence-corrected chi connectivity index (χ2v) is 9.22. The molecule has 0 saturated carbocycles. The number of nitrogens with one attached hydrogen (secondary N) is 1. The van der Waals surface area contributed by atoms with Crippen molar-refractivity contribution >= 4 is 17.3 Å². The average molecular weight is 484 g/mol. The van der Waals surface area contributed by atoms with Crippen LogP contribution >= 0.6 is 11.6 Å². The van der Waals surface area contributed by atoms with Gasteiger partial charge in [0.25, 0.3) is 0 Å². The number of ether oxygens (including phenoxy) is 1. The number of anilines is 1. The molecular formula is C25H33ClF3N3O. The van der Waals surface area contributed by atoms with E-state index in [-0.39, 0.29) is 5.02 Å². The summed E-state index contributed by atoms with van der Waals surface area (Å²) < 4.78 is 45.6. The molecule has 8 heteroatoms. The molecule has 3 rings (SSSR count). The van der Waals surface area contributed by atoms with Gasteiger partial charge in [0.15, 0.2) is 0 Å². The topological polar surface area (TPSA) is 27.7 Å². The van der Waals surface area contributed by atoms with E-state index in [0.29, 0.717) is 31.2 Å². The van der Waals surface area contributed by atoms with Crippen molar-refractivity contribution in [3.8, 4) is 5.75 Å². The molecule has 0 atom stereocenters. The summed E-state index contributed by atoms with van der Waals surface area (Å²) in [6.07, 6.45) is -3.69. The fraction of sp³-hybridized carbons (Fsp3) is 0.520. The Labute approximate surface area is 199 Å². The van der Waals surface area contributed by atoms with E-state index < -0.39 is 11.7 Å². The average Bonchev–Trinajstić information content (AvgIpc) is 2.77. The van der Waals surface area contributed by atoms with Gasteiger partial charge < -0.3 is 15.0 Å². The van der Waals surface area contributed by atoms with E-state index in [1.165, 1.54) is 6.07 Å². The number of alkyl halides is 3. The Morgan fingerprint density at radius 3 is 2.55 bits per heavy atom. The predicted molar refractivity (Wildman–Crippen MR) is 128 cm³/mol. The number of benzene rings is 2. The maximum absolute atomic E-state index is 13.2. The molecule has 182 valence electrons. The van der Waals surface area contributed by atoms with Gasteiger partial charge in [-0.2, -0.15) is 13.2 Å². The van der Waals surface area contributed by atoms with E-state index in [4.69, 9.17) is 16.3 Å². The maximum Gasteiger partial charge on any atom is 0.417 e. The highest BCUT2D eigenvalue weighted by Gasteiger charge is 2.34. The van der Waals surface area contributed by atoms with E-state index in [1.807, 2.05) is 12.1 Å². The zero-order chi connectivity index (χ0) is 23.8. The van der Waals surface area contributed by atoms with Crippen LogP contribution in [-0.2, 0) is 12.7 Å². The molecule has 4 nitrogen and oxygen atoms in total. The summed E-state index contributed by atoms with van der Waals surface area (Å²) in [6.45, 7) is 10.5. The minimum Gasteiger partial charge on any atom is -0.493 e. The monoisotopic (exact) mass is 483 g/mol. The highest BCUT2D eigenvalue weighted by atomic mass is 35.5. The van der Waals surface area contributed by atoms with Crippen LogP contribution in [0.3, 0.4) is 0 Å². The van der Waals surface area contributed by atoms with Gasteiger partial charge in [0, 0.05) is 57.6 Å². The van der Waals surface area contributed by atoms with Crippen LogP contribution < -0.4 is 15.0 Å². The zero-order valence-electron chi connectivity index (χ0n) is 19.3. The Kier molecular flexibility index (Phi) is 9.29. The van der Waals surface area contributed by atoms with Crippen LogP contribution in [0.5, 0.6) is 5.75 Å². The molecule has 0 radical (unpaired) electrons. The zero-order valence-corrected chi connectivity index (χ0v) is 20.1. The Morgan fingerprint density at radius 2 is 1.85 bits per heavy atom. The van der Waals surface area contributed by atoms with Crippen LogP contribution in [0.1, 0.15) is 31.4 Å². The molecule has 0 spiro atoms. The van der Waals surface area contributed by atoms with E-state index in [9.17, 15) is 13.2 Å². The van der Waals surface area contributed by atoms with Crippen molar-refractivity contribution in [3.05, 3.63) is 58.6 Å². The number of hydrogen-bond donors (Lipinski definition) is 1. The molecule has 0 aromatic heterocycles. The minimum atomic E-state index is -4.46. The minimum absolute atomic E-state index is 0.209. The predicted octanol–water partition coefficient (Wildman–Crippen LogP) is 5.70. The summed E-state index contributed by atoms with van der Waals surface area (Å²) in [5.41, 5.74) is 0.880. The van der Waals surface area contributed by atoms with Crippen molar-refractivity contribution in [2.75, 3.05) is 50.8 Å². The molecule has 2 aromatic carbocycles. The Bertz CT molecular complexity index is 885. The lowest BCUT2D eigenvalue weighted by atomic mass is 10.1. The summed E-state index contributed by atoms with van der Waals surface area (Å²) >= 11 is 6.12. The smallest absolute Gasteiger partial charge is 0.417 e. The summed E-state index contributed by atoms with van der Waals surface area (Å²) in [5, 5.41) is 3.15. The largest absolute Gasteiger partial charge is 0.493 e. The third kappa shape index (κ3) is 7.80. The molecule has 33 heavy (non-hydrogen) atoms. The summed E-state index contributed by atoms with van der Waals surface area (Å²) in [7, 11) is 0. The first-order chi connectivity index (χ1) is 15.7. The van der Waals surface area contributed by atoms with Gasteiger partial charge >= 0.3 is 6.18 Å². The van der Waals surface area contributed by atoms with Crippen molar-refractivity contribution in [1.82, 2.24) is 10.2 Å². The van der Waals surface area contributed by atoms with Gasteiger partial charge in [0.2, 0.25) is 0 Å². The molecule has 1 aliphatic rings. The first kappa shape index (κ1) is 25.7. The third-order valence-corrected chi connectivity index (χ3v) is 6.03. The Morgan fingerprint density at radius 1 is 1.12 bits per heavy atom. The molecule has 1 saturated heterocycles. The lowest BCUT2D eigenvalue weighted by molar-refractivity contribution is -0.137. The van der Waals surface area contributed by atoms with Gasteiger partial charge in [0.1, 0.15) is 5.75 Å². The second kappa shape index (κ2) is 12.0. The van der Waals surface area contributed by atoms with E-state index >= 15 is 0 Å². The van der Waals surface area contributed by atoms with Gasteiger partial charge in [-0.15, -0.1) is 0 Å². The summed E-state index contributed by atoms with van der Waals surface area (Å²) in [4.78, 5) is 4.49. The van der Waals surface area contributed by atoms with Crippen molar-refractivity contribution in [2.45, 2.75) is 33.0 Å². The Balaban J connectivity index is 1.56. The van der Waals surface area contributed by atoms with Gasteiger partial charge in [-0.3, -0.25) is 4.90 Å². The van der Waals surface area contributed by atoms with E-state index in [2.05, 4.69) is 41.1 Å². The van der Waals surface area contributed by atoms with Gasteiger partial charge in [-0.25, -0.2) is 0 Å². The first-order valence-electron chi connectivity index (χ1n) is 11.5. The number of nitrogens with zero attached hydrogens (tertiary/aromatic N) is 2. The summed E-state index contributed by atoms with van der Waals surface area (Å²) in [5.74, 6) is 1.22. The number of rotatable bonds is 10.